The largest absolute Gasteiger partial charge is 0.453 e. The van der Waals surface area contributed by atoms with Gasteiger partial charge in [0, 0.05) is 13.0 Å². The van der Waals surface area contributed by atoms with Crippen molar-refractivity contribution in [1.82, 2.24) is 10.2 Å². The number of benzene rings is 1. The Morgan fingerprint density at radius 1 is 1.17 bits per heavy atom. The number of hydrogen-bond donors (Lipinski definition) is 0. The van der Waals surface area contributed by atoms with Gasteiger partial charge < -0.3 is 9.57 Å². The van der Waals surface area contributed by atoms with Crippen molar-refractivity contribution in [3.8, 4) is 11.5 Å². The summed E-state index contributed by atoms with van der Waals surface area (Å²) in [6.07, 6.45) is 0.813. The lowest BCUT2D eigenvalue weighted by atomic mass is 10.1. The number of para-hydroxylation sites is 2. The molecule has 6 nitrogen and oxygen atoms in total. The van der Waals surface area contributed by atoms with Crippen molar-refractivity contribution in [3.05, 3.63) is 41.7 Å². The zero-order chi connectivity index (χ0) is 17.1. The maximum absolute atomic E-state index is 6.19. The Hall–Kier alpha value is -2.63. The van der Waals surface area contributed by atoms with Gasteiger partial charge in [-0.2, -0.15) is 15.3 Å². The fourth-order valence-electron chi connectivity index (χ4n) is 2.48. The van der Waals surface area contributed by atoms with E-state index in [9.17, 15) is 0 Å². The Bertz CT molecular complexity index is 758. The molecular formula is C18H22N4O2. The summed E-state index contributed by atoms with van der Waals surface area (Å²) >= 11 is 0. The number of nitrogens with zero attached hydrogens (tertiary/aromatic N) is 4. The Morgan fingerprint density at radius 3 is 2.67 bits per heavy atom. The van der Waals surface area contributed by atoms with Gasteiger partial charge in [-0.25, -0.2) is 4.99 Å². The molecule has 6 heteroatoms. The van der Waals surface area contributed by atoms with Crippen molar-refractivity contribution in [1.29, 1.82) is 0 Å². The van der Waals surface area contributed by atoms with Crippen molar-refractivity contribution >= 4 is 11.6 Å². The molecule has 24 heavy (non-hydrogen) atoms. The van der Waals surface area contributed by atoms with Gasteiger partial charge in [0.1, 0.15) is 18.1 Å². The number of aliphatic imine (C=N–C) groups is 1. The Morgan fingerprint density at radius 2 is 1.96 bits per heavy atom. The molecule has 3 rings (SSSR count). The number of hydrogen-bond acceptors (Lipinski definition) is 6. The summed E-state index contributed by atoms with van der Waals surface area (Å²) in [4.78, 5) is 9.88. The molecule has 2 heterocycles. The fourth-order valence-corrected chi connectivity index (χ4v) is 2.48. The number of anilines is 1. The van der Waals surface area contributed by atoms with Crippen LogP contribution in [0.4, 0.5) is 5.69 Å². The molecule has 1 aliphatic heterocycles. The minimum atomic E-state index is 0.457. The molecule has 0 spiro atoms. The van der Waals surface area contributed by atoms with Gasteiger partial charge in [-0.1, -0.05) is 26.0 Å². The SMILES string of the molecule is CC1=NCN(c2ccccc2Oc2cc(C)nnc2CC(C)C)O1. The monoisotopic (exact) mass is 326 g/mol. The van der Waals surface area contributed by atoms with Crippen LogP contribution in [-0.2, 0) is 11.3 Å². The summed E-state index contributed by atoms with van der Waals surface area (Å²) in [5.74, 6) is 2.56. The number of aromatic nitrogens is 2. The van der Waals surface area contributed by atoms with Crippen LogP contribution in [0.15, 0.2) is 35.3 Å². The molecule has 2 aromatic rings. The third-order valence-electron chi connectivity index (χ3n) is 3.57. The lowest BCUT2D eigenvalue weighted by Crippen LogP contribution is -2.19. The first-order valence-electron chi connectivity index (χ1n) is 8.09. The maximum Gasteiger partial charge on any atom is 0.216 e. The lowest BCUT2D eigenvalue weighted by molar-refractivity contribution is 0.293. The summed E-state index contributed by atoms with van der Waals surface area (Å²) in [5, 5.41) is 10.2. The predicted molar refractivity (Wildman–Crippen MR) is 93.4 cm³/mol. The molecule has 0 unspecified atom stereocenters. The average molecular weight is 326 g/mol. The van der Waals surface area contributed by atoms with E-state index in [1.807, 2.05) is 44.2 Å². The van der Waals surface area contributed by atoms with Crippen molar-refractivity contribution < 1.29 is 9.57 Å². The molecular weight excluding hydrogens is 304 g/mol. The molecule has 1 aromatic carbocycles. The van der Waals surface area contributed by atoms with Crippen LogP contribution in [0.2, 0.25) is 0 Å². The highest BCUT2D eigenvalue weighted by atomic mass is 16.7. The van der Waals surface area contributed by atoms with Gasteiger partial charge in [0.2, 0.25) is 5.90 Å². The predicted octanol–water partition coefficient (Wildman–Crippen LogP) is 3.90. The van der Waals surface area contributed by atoms with Gasteiger partial charge in [0.25, 0.3) is 0 Å². The standard InChI is InChI=1S/C18H22N4O2/c1-12(2)9-15-18(10-13(3)20-21-15)23-17-8-6-5-7-16(17)22-11-19-14(4)24-22/h5-8,10,12H,9,11H2,1-4H3. The summed E-state index contributed by atoms with van der Waals surface area (Å²) in [6.45, 7) is 8.50. The number of aryl methyl sites for hydroxylation is 1. The highest BCUT2D eigenvalue weighted by Crippen LogP contribution is 2.35. The van der Waals surface area contributed by atoms with Gasteiger partial charge in [-0.15, -0.1) is 0 Å². The molecule has 0 atom stereocenters. The summed E-state index contributed by atoms with van der Waals surface area (Å²) < 4.78 is 6.19. The van der Waals surface area contributed by atoms with E-state index in [1.165, 1.54) is 0 Å². The molecule has 0 aliphatic carbocycles. The first-order chi connectivity index (χ1) is 11.5. The molecule has 1 aliphatic rings. The van der Waals surface area contributed by atoms with E-state index in [0.717, 1.165) is 29.2 Å². The number of ether oxygens (including phenoxy) is 1. The summed E-state index contributed by atoms with van der Waals surface area (Å²) in [5.41, 5.74) is 2.52. The van der Waals surface area contributed by atoms with Crippen molar-refractivity contribution in [2.24, 2.45) is 10.9 Å². The Kier molecular flexibility index (Phi) is 4.64. The van der Waals surface area contributed by atoms with E-state index in [0.29, 0.717) is 24.2 Å². The van der Waals surface area contributed by atoms with Crippen LogP contribution in [-0.4, -0.2) is 22.8 Å². The minimum Gasteiger partial charge on any atom is -0.453 e. The van der Waals surface area contributed by atoms with E-state index < -0.39 is 0 Å². The molecule has 0 bridgehead atoms. The van der Waals surface area contributed by atoms with Gasteiger partial charge in [0.15, 0.2) is 11.5 Å². The second kappa shape index (κ2) is 6.86. The van der Waals surface area contributed by atoms with Crippen LogP contribution in [0.25, 0.3) is 0 Å². The quantitative estimate of drug-likeness (QED) is 0.834. The van der Waals surface area contributed by atoms with E-state index in [-0.39, 0.29) is 0 Å². The smallest absolute Gasteiger partial charge is 0.216 e. The van der Waals surface area contributed by atoms with Crippen LogP contribution >= 0.6 is 0 Å². The minimum absolute atomic E-state index is 0.457. The molecule has 0 amide bonds. The number of rotatable bonds is 5. The maximum atomic E-state index is 6.19. The average Bonchev–Trinajstić information content (AvgIpc) is 2.96. The third kappa shape index (κ3) is 3.64. The lowest BCUT2D eigenvalue weighted by Gasteiger charge is -2.20. The van der Waals surface area contributed by atoms with Gasteiger partial charge in [-0.05, 0) is 31.4 Å². The van der Waals surface area contributed by atoms with Crippen LogP contribution < -0.4 is 9.80 Å². The Labute approximate surface area is 142 Å². The van der Waals surface area contributed by atoms with Crippen LogP contribution in [0.5, 0.6) is 11.5 Å². The van der Waals surface area contributed by atoms with E-state index >= 15 is 0 Å². The van der Waals surface area contributed by atoms with E-state index in [4.69, 9.17) is 9.57 Å². The molecule has 0 fully saturated rings. The molecule has 1 aromatic heterocycles. The number of hydroxylamine groups is 1. The third-order valence-corrected chi connectivity index (χ3v) is 3.57. The van der Waals surface area contributed by atoms with Gasteiger partial charge >= 0.3 is 0 Å². The van der Waals surface area contributed by atoms with Crippen molar-refractivity contribution in [2.75, 3.05) is 11.7 Å². The van der Waals surface area contributed by atoms with E-state index in [2.05, 4.69) is 29.0 Å². The highest BCUT2D eigenvalue weighted by molar-refractivity contribution is 5.77. The zero-order valence-electron chi connectivity index (χ0n) is 14.5. The van der Waals surface area contributed by atoms with Gasteiger partial charge in [-0.3, -0.25) is 0 Å². The summed E-state index contributed by atoms with van der Waals surface area (Å²) in [6, 6.07) is 9.68. The topological polar surface area (TPSA) is 59.8 Å². The normalized spacial score (nSPS) is 13.9. The summed E-state index contributed by atoms with van der Waals surface area (Å²) in [7, 11) is 0. The van der Waals surface area contributed by atoms with Crippen molar-refractivity contribution in [2.45, 2.75) is 34.1 Å². The molecule has 0 radical (unpaired) electrons. The molecule has 0 saturated carbocycles. The fraction of sp³-hybridized carbons (Fsp3) is 0.389. The Balaban J connectivity index is 1.90. The molecule has 0 saturated heterocycles. The van der Waals surface area contributed by atoms with Crippen LogP contribution in [0, 0.1) is 12.8 Å². The van der Waals surface area contributed by atoms with Crippen molar-refractivity contribution in [3.63, 3.8) is 0 Å². The first kappa shape index (κ1) is 16.2. The highest BCUT2D eigenvalue weighted by Gasteiger charge is 2.20. The van der Waals surface area contributed by atoms with Crippen LogP contribution in [0.3, 0.4) is 0 Å². The first-order valence-corrected chi connectivity index (χ1v) is 8.09. The molecule has 126 valence electrons. The second-order valence-corrected chi connectivity index (χ2v) is 6.25. The second-order valence-electron chi connectivity index (χ2n) is 6.25. The van der Waals surface area contributed by atoms with E-state index in [1.54, 1.807) is 5.06 Å². The van der Waals surface area contributed by atoms with Crippen LogP contribution in [0.1, 0.15) is 32.2 Å². The zero-order valence-corrected chi connectivity index (χ0v) is 14.5. The molecule has 0 N–H and O–H groups in total. The van der Waals surface area contributed by atoms with Gasteiger partial charge in [0.05, 0.1) is 5.69 Å².